The summed E-state index contributed by atoms with van der Waals surface area (Å²) in [6, 6.07) is 8.46. The maximum Gasteiger partial charge on any atom is 0.271 e. The molecule has 3 rings (SSSR count). The van der Waals surface area contributed by atoms with Gasteiger partial charge in [-0.05, 0) is 31.0 Å². The number of sulfonamides is 1. The number of nitro groups is 1. The largest absolute Gasteiger partial charge is 0.324 e. The number of halogens is 3. The van der Waals surface area contributed by atoms with Crippen LogP contribution in [0.15, 0.2) is 36.4 Å². The summed E-state index contributed by atoms with van der Waals surface area (Å²) in [7, 11) is -3.78. The first-order valence-electron chi connectivity index (χ1n) is 9.24. The van der Waals surface area contributed by atoms with Gasteiger partial charge in [0.25, 0.3) is 5.69 Å². The number of rotatable bonds is 6. The second-order valence-corrected chi connectivity index (χ2v) is 10.3. The topological polar surface area (TPSA) is 110 Å². The minimum atomic E-state index is -3.78. The second-order valence-electron chi connectivity index (χ2n) is 7.06. The van der Waals surface area contributed by atoms with Crippen molar-refractivity contribution in [2.45, 2.75) is 18.6 Å². The van der Waals surface area contributed by atoms with E-state index in [0.717, 1.165) is 6.07 Å². The molecule has 2 aromatic carbocycles. The Morgan fingerprint density at radius 1 is 1.16 bits per heavy atom. The van der Waals surface area contributed by atoms with E-state index < -0.39 is 26.8 Å². The molecule has 166 valence electrons. The number of amides is 1. The fourth-order valence-electron chi connectivity index (χ4n) is 3.31. The van der Waals surface area contributed by atoms with Crippen molar-refractivity contribution in [1.82, 2.24) is 4.31 Å². The Morgan fingerprint density at radius 2 is 1.84 bits per heavy atom. The number of benzene rings is 2. The fourth-order valence-corrected chi connectivity index (χ4v) is 5.84. The Labute approximate surface area is 194 Å². The van der Waals surface area contributed by atoms with Crippen molar-refractivity contribution in [1.29, 1.82) is 0 Å². The molecule has 1 atom stereocenters. The lowest BCUT2D eigenvalue weighted by atomic mass is 9.98. The van der Waals surface area contributed by atoms with Crippen LogP contribution in [0.2, 0.25) is 15.1 Å². The van der Waals surface area contributed by atoms with Gasteiger partial charge < -0.3 is 5.32 Å². The van der Waals surface area contributed by atoms with Crippen molar-refractivity contribution in [3.8, 4) is 0 Å². The molecule has 1 aliphatic heterocycles. The van der Waals surface area contributed by atoms with Gasteiger partial charge in [0.2, 0.25) is 15.9 Å². The van der Waals surface area contributed by atoms with Gasteiger partial charge in [0.15, 0.2) is 0 Å². The number of hydrogen-bond acceptors (Lipinski definition) is 5. The molecule has 0 saturated carbocycles. The Bertz CT molecular complexity index is 1110. The Kier molecular flexibility index (Phi) is 7.43. The third kappa shape index (κ3) is 5.67. The van der Waals surface area contributed by atoms with Crippen molar-refractivity contribution in [3.05, 3.63) is 67.1 Å². The van der Waals surface area contributed by atoms with Gasteiger partial charge in [0.05, 0.1) is 27.3 Å². The van der Waals surface area contributed by atoms with Gasteiger partial charge in [-0.25, -0.2) is 12.7 Å². The molecule has 1 N–H and O–H groups in total. The summed E-state index contributed by atoms with van der Waals surface area (Å²) in [5.74, 6) is -1.48. The molecule has 0 radical (unpaired) electrons. The molecule has 0 bridgehead atoms. The fraction of sp³-hybridized carbons (Fsp3) is 0.316. The molecule has 31 heavy (non-hydrogen) atoms. The normalized spacial score (nSPS) is 17.3. The van der Waals surface area contributed by atoms with Gasteiger partial charge in [-0.15, -0.1) is 0 Å². The minimum Gasteiger partial charge on any atom is -0.324 e. The lowest BCUT2D eigenvalue weighted by Gasteiger charge is -2.31. The summed E-state index contributed by atoms with van der Waals surface area (Å²) in [5.41, 5.74) is 0.189. The highest BCUT2D eigenvalue weighted by Crippen LogP contribution is 2.30. The maximum absolute atomic E-state index is 12.9. The van der Waals surface area contributed by atoms with Crippen molar-refractivity contribution >= 4 is 62.1 Å². The van der Waals surface area contributed by atoms with Crippen molar-refractivity contribution in [3.63, 3.8) is 0 Å². The second kappa shape index (κ2) is 9.70. The molecule has 1 amide bonds. The van der Waals surface area contributed by atoms with E-state index in [9.17, 15) is 23.3 Å². The number of carbonyl (C=O) groups is 1. The van der Waals surface area contributed by atoms with Crippen LogP contribution in [-0.4, -0.2) is 36.6 Å². The zero-order valence-corrected chi connectivity index (χ0v) is 19.1. The van der Waals surface area contributed by atoms with E-state index >= 15 is 0 Å². The van der Waals surface area contributed by atoms with Gasteiger partial charge >= 0.3 is 0 Å². The quantitative estimate of drug-likeness (QED) is 0.450. The lowest BCUT2D eigenvalue weighted by Crippen LogP contribution is -2.44. The monoisotopic (exact) mass is 505 g/mol. The minimum absolute atomic E-state index is 0.0250. The highest BCUT2D eigenvalue weighted by molar-refractivity contribution is 7.88. The first-order chi connectivity index (χ1) is 14.6. The van der Waals surface area contributed by atoms with E-state index in [1.165, 1.54) is 16.4 Å². The van der Waals surface area contributed by atoms with E-state index in [0.29, 0.717) is 18.4 Å². The molecule has 0 spiro atoms. The first-order valence-corrected chi connectivity index (χ1v) is 12.0. The highest BCUT2D eigenvalue weighted by Gasteiger charge is 2.33. The Balaban J connectivity index is 1.73. The molecule has 2 aromatic rings. The molecule has 12 heteroatoms. The summed E-state index contributed by atoms with van der Waals surface area (Å²) in [5, 5.41) is 14.2. The van der Waals surface area contributed by atoms with Gasteiger partial charge in [-0.3, -0.25) is 14.9 Å². The number of non-ortho nitro benzene ring substituents is 1. The van der Waals surface area contributed by atoms with Crippen molar-refractivity contribution < 1.29 is 18.1 Å². The van der Waals surface area contributed by atoms with Crippen LogP contribution in [0.1, 0.15) is 18.4 Å². The van der Waals surface area contributed by atoms with E-state index in [-0.39, 0.29) is 45.3 Å². The Hall–Kier alpha value is -1.91. The molecule has 1 saturated heterocycles. The maximum atomic E-state index is 12.9. The third-order valence-electron chi connectivity index (χ3n) is 4.96. The SMILES string of the molecule is O=C(Nc1cc([N+](=O)[O-])ccc1Cl)[C@@H]1CCCN(S(=O)(=O)Cc2c(Cl)cccc2Cl)C1. The number of carbonyl (C=O) groups excluding carboxylic acids is 1. The number of nitro benzene ring substituents is 1. The van der Waals surface area contributed by atoms with Crippen LogP contribution >= 0.6 is 34.8 Å². The summed E-state index contributed by atoms with van der Waals surface area (Å²) in [4.78, 5) is 23.1. The van der Waals surface area contributed by atoms with Gasteiger partial charge in [0.1, 0.15) is 0 Å². The molecule has 1 heterocycles. The molecule has 8 nitrogen and oxygen atoms in total. The molecular formula is C19H18Cl3N3O5S. The predicted octanol–water partition coefficient (Wildman–Crippen LogP) is 4.74. The van der Waals surface area contributed by atoms with Gasteiger partial charge in [-0.2, -0.15) is 0 Å². The van der Waals surface area contributed by atoms with E-state index in [1.807, 2.05) is 0 Å². The van der Waals surface area contributed by atoms with Crippen molar-refractivity contribution in [2.24, 2.45) is 5.92 Å². The number of hydrogen-bond donors (Lipinski definition) is 1. The van der Waals surface area contributed by atoms with Crippen LogP contribution < -0.4 is 5.32 Å². The van der Waals surface area contributed by atoms with Crippen LogP contribution in [0.4, 0.5) is 11.4 Å². The number of anilines is 1. The standard InChI is InChI=1S/C19H18Cl3N3O5S/c20-15-4-1-5-16(21)14(15)11-31(29,30)24-8-2-3-12(10-24)19(26)23-18-9-13(25(27)28)6-7-17(18)22/h1,4-7,9,12H,2-3,8,10-11H2,(H,23,26)/t12-/m1/s1. The van der Waals surface area contributed by atoms with Crippen LogP contribution in [0, 0.1) is 16.0 Å². The molecule has 1 aliphatic rings. The van der Waals surface area contributed by atoms with E-state index in [2.05, 4.69) is 5.32 Å². The predicted molar refractivity (Wildman–Crippen MR) is 120 cm³/mol. The van der Waals surface area contributed by atoms with Crippen LogP contribution in [0.3, 0.4) is 0 Å². The lowest BCUT2D eigenvalue weighted by molar-refractivity contribution is -0.384. The number of nitrogens with one attached hydrogen (secondary N) is 1. The third-order valence-corrected chi connectivity index (χ3v) is 7.77. The van der Waals surface area contributed by atoms with E-state index in [1.54, 1.807) is 18.2 Å². The van der Waals surface area contributed by atoms with E-state index in [4.69, 9.17) is 34.8 Å². The smallest absolute Gasteiger partial charge is 0.271 e. The first kappa shape index (κ1) is 23.7. The summed E-state index contributed by atoms with van der Waals surface area (Å²) in [6.07, 6.45) is 0.952. The van der Waals surface area contributed by atoms with Crippen molar-refractivity contribution in [2.75, 3.05) is 18.4 Å². The summed E-state index contributed by atoms with van der Waals surface area (Å²) < 4.78 is 27.1. The van der Waals surface area contributed by atoms with Crippen LogP contribution in [0.25, 0.3) is 0 Å². The summed E-state index contributed by atoms with van der Waals surface area (Å²) >= 11 is 18.2. The number of piperidine rings is 1. The van der Waals surface area contributed by atoms with Crippen LogP contribution in [0.5, 0.6) is 0 Å². The molecule has 0 unspecified atom stereocenters. The Morgan fingerprint density at radius 3 is 2.48 bits per heavy atom. The summed E-state index contributed by atoms with van der Waals surface area (Å²) in [6.45, 7) is 0.245. The van der Waals surface area contributed by atoms with Crippen LogP contribution in [-0.2, 0) is 20.6 Å². The molecule has 0 aromatic heterocycles. The average molecular weight is 507 g/mol. The number of nitrogens with zero attached hydrogens (tertiary/aromatic N) is 2. The zero-order valence-electron chi connectivity index (χ0n) is 16.1. The zero-order chi connectivity index (χ0) is 22.8. The average Bonchev–Trinajstić information content (AvgIpc) is 2.72. The van der Waals surface area contributed by atoms with Gasteiger partial charge in [0, 0.05) is 40.8 Å². The highest BCUT2D eigenvalue weighted by atomic mass is 35.5. The molecule has 0 aliphatic carbocycles. The molecule has 1 fully saturated rings. The molecular weight excluding hydrogens is 489 g/mol. The van der Waals surface area contributed by atoms with Gasteiger partial charge in [-0.1, -0.05) is 40.9 Å².